The van der Waals surface area contributed by atoms with E-state index >= 15 is 0 Å². The summed E-state index contributed by atoms with van der Waals surface area (Å²) in [6, 6.07) is 5.51. The van der Waals surface area contributed by atoms with Crippen LogP contribution < -0.4 is 14.9 Å². The van der Waals surface area contributed by atoms with E-state index in [0.717, 1.165) is 42.3 Å². The molecule has 176 valence electrons. The minimum Gasteiger partial charge on any atom is -0.497 e. The van der Waals surface area contributed by atoms with Crippen molar-refractivity contribution in [2.24, 2.45) is 4.99 Å². The van der Waals surface area contributed by atoms with Gasteiger partial charge in [-0.15, -0.1) is 0 Å². The van der Waals surface area contributed by atoms with Gasteiger partial charge in [0.25, 0.3) is 5.91 Å². The summed E-state index contributed by atoms with van der Waals surface area (Å²) < 4.78 is 37.9. The summed E-state index contributed by atoms with van der Waals surface area (Å²) in [5.41, 5.74) is 0.842. The molecule has 1 heterocycles. The van der Waals surface area contributed by atoms with E-state index in [2.05, 4.69) is 10.3 Å². The summed E-state index contributed by atoms with van der Waals surface area (Å²) in [7, 11) is -0.784. The predicted molar refractivity (Wildman–Crippen MR) is 122 cm³/mol. The molecule has 0 saturated heterocycles. The van der Waals surface area contributed by atoms with Crippen LogP contribution in [-0.4, -0.2) is 63.2 Å². The molecule has 0 bridgehead atoms. The van der Waals surface area contributed by atoms with E-state index in [1.54, 1.807) is 20.3 Å². The largest absolute Gasteiger partial charge is 0.497 e. The number of benzene rings is 1. The Morgan fingerprint density at radius 3 is 2.62 bits per heavy atom. The van der Waals surface area contributed by atoms with Gasteiger partial charge in [-0.3, -0.25) is 9.59 Å². The zero-order valence-electron chi connectivity index (χ0n) is 18.3. The number of amides is 2. The van der Waals surface area contributed by atoms with E-state index in [4.69, 9.17) is 9.47 Å². The van der Waals surface area contributed by atoms with Crippen LogP contribution >= 0.6 is 11.3 Å². The number of rotatable bonds is 9. The molecule has 1 saturated carbocycles. The highest BCUT2D eigenvalue weighted by Crippen LogP contribution is 2.23. The molecule has 1 aliphatic carbocycles. The van der Waals surface area contributed by atoms with Crippen molar-refractivity contribution >= 4 is 43.2 Å². The zero-order valence-corrected chi connectivity index (χ0v) is 20.0. The smallest absolute Gasteiger partial charge is 0.263 e. The molecule has 11 heteroatoms. The first-order chi connectivity index (χ1) is 15.3. The Morgan fingerprint density at radius 2 is 1.94 bits per heavy atom. The summed E-state index contributed by atoms with van der Waals surface area (Å²) in [4.78, 5) is 29.1. The average Bonchev–Trinajstić information content (AvgIpc) is 3.07. The van der Waals surface area contributed by atoms with Crippen LogP contribution in [0, 0.1) is 0 Å². The second kappa shape index (κ2) is 11.1. The number of carbonyl (C=O) groups excluding carboxylic acids is 2. The van der Waals surface area contributed by atoms with E-state index in [-0.39, 0.29) is 6.04 Å². The molecular weight excluding hydrogens is 454 g/mol. The van der Waals surface area contributed by atoms with Crippen molar-refractivity contribution in [3.8, 4) is 5.75 Å². The number of methoxy groups -OCH3 is 2. The first kappa shape index (κ1) is 24.4. The van der Waals surface area contributed by atoms with Gasteiger partial charge < -0.3 is 19.4 Å². The fourth-order valence-electron chi connectivity index (χ4n) is 3.76. The van der Waals surface area contributed by atoms with Crippen molar-refractivity contribution in [1.82, 2.24) is 9.88 Å². The Bertz CT molecular complexity index is 1130. The lowest BCUT2D eigenvalue weighted by molar-refractivity contribution is -0.119. The minimum atomic E-state index is -3.93. The van der Waals surface area contributed by atoms with Gasteiger partial charge in [0, 0.05) is 19.7 Å². The highest BCUT2D eigenvalue weighted by atomic mass is 32.2. The Balaban J connectivity index is 1.75. The molecule has 0 unspecified atom stereocenters. The maximum absolute atomic E-state index is 12.5. The third kappa shape index (κ3) is 6.63. The molecule has 0 atom stereocenters. The van der Waals surface area contributed by atoms with E-state index in [9.17, 15) is 18.0 Å². The Hall–Kier alpha value is -2.24. The van der Waals surface area contributed by atoms with E-state index in [1.165, 1.54) is 11.3 Å². The average molecular weight is 484 g/mol. The van der Waals surface area contributed by atoms with Crippen LogP contribution in [0.2, 0.25) is 0 Å². The van der Waals surface area contributed by atoms with Crippen LogP contribution in [0.5, 0.6) is 5.75 Å². The van der Waals surface area contributed by atoms with Crippen molar-refractivity contribution in [2.75, 3.05) is 32.3 Å². The lowest BCUT2D eigenvalue weighted by Crippen LogP contribution is -2.40. The van der Waals surface area contributed by atoms with Crippen LogP contribution in [-0.2, 0) is 30.7 Å². The maximum Gasteiger partial charge on any atom is 0.263 e. The number of nitrogens with zero attached hydrogens (tertiary/aromatic N) is 2. The summed E-state index contributed by atoms with van der Waals surface area (Å²) in [6.45, 7) is 0.852. The Labute approximate surface area is 191 Å². The van der Waals surface area contributed by atoms with Crippen LogP contribution in [0.3, 0.4) is 0 Å². The molecule has 2 aromatic rings. The standard InChI is InChI=1S/C21H29N3O6S2/c1-29-11-10-24-17-9-8-16(30-2)12-18(17)31-21(24)23-20(26)14-32(27,28)13-19(25)22-15-6-4-3-5-7-15/h8-9,12,15H,3-7,10-11,13-14H2,1-2H3,(H,22,25). The molecule has 1 aromatic carbocycles. The number of carbonyl (C=O) groups is 2. The van der Waals surface area contributed by atoms with E-state index in [0.29, 0.717) is 23.7 Å². The number of thiazole rings is 1. The number of aromatic nitrogens is 1. The summed E-state index contributed by atoms with van der Waals surface area (Å²) in [5.74, 6) is -2.22. The highest BCUT2D eigenvalue weighted by molar-refractivity contribution is 7.92. The van der Waals surface area contributed by atoms with Crippen molar-refractivity contribution in [2.45, 2.75) is 44.7 Å². The number of nitrogens with one attached hydrogen (secondary N) is 1. The Kier molecular flexibility index (Phi) is 8.44. The van der Waals surface area contributed by atoms with Crippen molar-refractivity contribution < 1.29 is 27.5 Å². The molecule has 1 aliphatic rings. The lowest BCUT2D eigenvalue weighted by atomic mass is 9.95. The first-order valence-electron chi connectivity index (χ1n) is 10.5. The second-order valence-corrected chi connectivity index (χ2v) is 10.9. The zero-order chi connectivity index (χ0) is 23.1. The summed E-state index contributed by atoms with van der Waals surface area (Å²) in [6.07, 6.45) is 4.91. The van der Waals surface area contributed by atoms with Gasteiger partial charge in [-0.1, -0.05) is 30.6 Å². The monoisotopic (exact) mass is 483 g/mol. The van der Waals surface area contributed by atoms with Gasteiger partial charge in [-0.25, -0.2) is 8.42 Å². The molecule has 0 aliphatic heterocycles. The molecule has 0 spiro atoms. The molecule has 9 nitrogen and oxygen atoms in total. The van der Waals surface area contributed by atoms with Gasteiger partial charge in [0.05, 0.1) is 23.9 Å². The number of hydrogen-bond donors (Lipinski definition) is 1. The molecule has 32 heavy (non-hydrogen) atoms. The number of hydrogen-bond acceptors (Lipinski definition) is 7. The molecule has 3 rings (SSSR count). The topological polar surface area (TPSA) is 116 Å². The molecule has 1 aromatic heterocycles. The maximum atomic E-state index is 12.5. The first-order valence-corrected chi connectivity index (χ1v) is 13.2. The highest BCUT2D eigenvalue weighted by Gasteiger charge is 2.23. The minimum absolute atomic E-state index is 0.0159. The van der Waals surface area contributed by atoms with Crippen molar-refractivity contribution in [3.63, 3.8) is 0 Å². The van der Waals surface area contributed by atoms with Crippen LogP contribution in [0.25, 0.3) is 10.2 Å². The third-order valence-electron chi connectivity index (χ3n) is 5.29. The van der Waals surface area contributed by atoms with Crippen LogP contribution in [0.4, 0.5) is 0 Å². The number of sulfone groups is 1. The van der Waals surface area contributed by atoms with Gasteiger partial charge in [-0.2, -0.15) is 4.99 Å². The molecule has 2 amide bonds. The van der Waals surface area contributed by atoms with Gasteiger partial charge in [-0.05, 0) is 31.0 Å². The van der Waals surface area contributed by atoms with Crippen LogP contribution in [0.15, 0.2) is 23.2 Å². The quantitative estimate of drug-likeness (QED) is 0.580. The molecule has 1 N–H and O–H groups in total. The SMILES string of the molecule is COCCn1c(=NC(=O)CS(=O)(=O)CC(=O)NC2CCCCC2)sc2cc(OC)ccc21. The normalized spacial score (nSPS) is 15.8. The summed E-state index contributed by atoms with van der Waals surface area (Å²) >= 11 is 1.26. The molecule has 0 radical (unpaired) electrons. The van der Waals surface area contributed by atoms with Gasteiger partial charge >= 0.3 is 0 Å². The summed E-state index contributed by atoms with van der Waals surface area (Å²) in [5, 5.41) is 2.77. The van der Waals surface area contributed by atoms with Gasteiger partial charge in [0.15, 0.2) is 14.6 Å². The van der Waals surface area contributed by atoms with Gasteiger partial charge in [0.2, 0.25) is 5.91 Å². The fourth-order valence-corrected chi connectivity index (χ4v) is 5.89. The van der Waals surface area contributed by atoms with Crippen LogP contribution in [0.1, 0.15) is 32.1 Å². The second-order valence-electron chi connectivity index (χ2n) is 7.80. The fraction of sp³-hybridized carbons (Fsp3) is 0.571. The molecule has 1 fully saturated rings. The Morgan fingerprint density at radius 1 is 1.19 bits per heavy atom. The third-order valence-corrected chi connectivity index (χ3v) is 7.72. The molecular formula is C21H29N3O6S2. The van der Waals surface area contributed by atoms with E-state index in [1.807, 2.05) is 16.7 Å². The van der Waals surface area contributed by atoms with Crippen molar-refractivity contribution in [1.29, 1.82) is 0 Å². The van der Waals surface area contributed by atoms with E-state index < -0.39 is 33.2 Å². The number of ether oxygens (including phenoxy) is 2. The van der Waals surface area contributed by atoms with Crippen molar-refractivity contribution in [3.05, 3.63) is 23.0 Å². The predicted octanol–water partition coefficient (Wildman–Crippen LogP) is 1.65. The number of fused-ring (bicyclic) bond motifs is 1. The lowest BCUT2D eigenvalue weighted by Gasteiger charge is -2.22. The van der Waals surface area contributed by atoms with Gasteiger partial charge in [0.1, 0.15) is 17.3 Å².